The number of carbonyl (C=O) groups excluding carboxylic acids is 2. The molecule has 0 aliphatic heterocycles. The van der Waals surface area contributed by atoms with E-state index in [0.29, 0.717) is 30.2 Å². The van der Waals surface area contributed by atoms with Crippen LogP contribution in [0, 0.1) is 0 Å². The molecule has 0 unspecified atom stereocenters. The van der Waals surface area contributed by atoms with Crippen molar-refractivity contribution in [2.75, 3.05) is 32.2 Å². The zero-order valence-electron chi connectivity index (χ0n) is 20.1. The summed E-state index contributed by atoms with van der Waals surface area (Å²) in [4.78, 5) is 23.9. The number of methoxy groups -OCH3 is 1. The number of hydrogen-bond acceptors (Lipinski definition) is 7. The normalized spacial score (nSPS) is 11.9. The van der Waals surface area contributed by atoms with Crippen molar-refractivity contribution >= 4 is 17.7 Å². The van der Waals surface area contributed by atoms with Crippen molar-refractivity contribution in [3.63, 3.8) is 0 Å². The van der Waals surface area contributed by atoms with Gasteiger partial charge >= 0.3 is 12.1 Å². The van der Waals surface area contributed by atoms with E-state index in [4.69, 9.17) is 24.1 Å². The molecule has 2 aromatic carbocycles. The Morgan fingerprint density at radius 2 is 1.74 bits per heavy atom. The predicted molar refractivity (Wildman–Crippen MR) is 134 cm³/mol. The van der Waals surface area contributed by atoms with Gasteiger partial charge in [-0.15, -0.1) is 0 Å². The summed E-state index contributed by atoms with van der Waals surface area (Å²) in [6.45, 7) is 2.24. The van der Waals surface area contributed by atoms with E-state index in [-0.39, 0.29) is 19.2 Å². The van der Waals surface area contributed by atoms with Gasteiger partial charge in [-0.05, 0) is 68.1 Å². The summed E-state index contributed by atoms with van der Waals surface area (Å²) in [6.07, 6.45) is 7.80. The second kappa shape index (κ2) is 16.0. The number of ether oxygens (including phenoxy) is 4. The Morgan fingerprint density at radius 3 is 2.40 bits per heavy atom. The molecular weight excluding hydrogens is 450 g/mol. The Labute approximate surface area is 206 Å². The van der Waals surface area contributed by atoms with E-state index in [1.807, 2.05) is 18.2 Å². The van der Waals surface area contributed by atoms with E-state index < -0.39 is 12.2 Å². The van der Waals surface area contributed by atoms with Gasteiger partial charge in [-0.25, -0.2) is 9.59 Å². The van der Waals surface area contributed by atoms with Crippen LogP contribution in [0.25, 0.3) is 0 Å². The van der Waals surface area contributed by atoms with Gasteiger partial charge in [0.2, 0.25) is 0 Å². The van der Waals surface area contributed by atoms with Gasteiger partial charge in [0.1, 0.15) is 24.2 Å². The molecule has 8 heteroatoms. The molecule has 0 radical (unpaired) electrons. The number of aliphatic hydroxyl groups is 1. The maximum atomic E-state index is 12.6. The van der Waals surface area contributed by atoms with Crippen LogP contribution in [0.1, 0.15) is 37.9 Å². The lowest BCUT2D eigenvalue weighted by Gasteiger charge is -2.19. The van der Waals surface area contributed by atoms with E-state index in [1.165, 1.54) is 6.08 Å². The van der Waals surface area contributed by atoms with Crippen molar-refractivity contribution < 1.29 is 33.6 Å². The first kappa shape index (κ1) is 27.5. The van der Waals surface area contributed by atoms with E-state index in [9.17, 15) is 9.59 Å². The summed E-state index contributed by atoms with van der Waals surface area (Å²) >= 11 is 0. The minimum absolute atomic E-state index is 0.0679. The molecule has 0 aliphatic rings. The smallest absolute Gasteiger partial charge is 0.412 e. The molecule has 2 rings (SSSR count). The molecule has 188 valence electrons. The van der Waals surface area contributed by atoms with Gasteiger partial charge in [0.05, 0.1) is 20.3 Å². The SMILES string of the molecule is CCOC(=O)/C=C/C=C/CCC[C@H](OC(=O)Nc1ccc(OC)cc1)c1ccc(OCCO)cc1. The molecule has 0 aliphatic carbocycles. The Balaban J connectivity index is 1.97. The van der Waals surface area contributed by atoms with Crippen molar-refractivity contribution in [1.82, 2.24) is 0 Å². The van der Waals surface area contributed by atoms with Crippen LogP contribution in [-0.2, 0) is 14.3 Å². The summed E-state index contributed by atoms with van der Waals surface area (Å²) in [5.41, 5.74) is 1.43. The number of aliphatic hydroxyl groups excluding tert-OH is 1. The molecule has 35 heavy (non-hydrogen) atoms. The average molecular weight is 484 g/mol. The van der Waals surface area contributed by atoms with Crippen molar-refractivity contribution in [1.29, 1.82) is 0 Å². The zero-order valence-corrected chi connectivity index (χ0v) is 20.1. The third-order valence-electron chi connectivity index (χ3n) is 4.80. The molecule has 0 heterocycles. The molecule has 0 aromatic heterocycles. The molecule has 2 N–H and O–H groups in total. The molecule has 1 atom stereocenters. The van der Waals surface area contributed by atoms with Gasteiger partial charge in [0, 0.05) is 11.8 Å². The maximum Gasteiger partial charge on any atom is 0.412 e. The number of nitrogens with one attached hydrogen (secondary N) is 1. The monoisotopic (exact) mass is 483 g/mol. The minimum Gasteiger partial charge on any atom is -0.497 e. The first-order chi connectivity index (χ1) is 17.0. The number of anilines is 1. The van der Waals surface area contributed by atoms with Crippen molar-refractivity contribution in [3.8, 4) is 11.5 Å². The molecule has 0 saturated carbocycles. The lowest BCUT2D eigenvalue weighted by molar-refractivity contribution is -0.137. The van der Waals surface area contributed by atoms with Crippen LogP contribution in [0.5, 0.6) is 11.5 Å². The van der Waals surface area contributed by atoms with Gasteiger partial charge in [-0.1, -0.05) is 30.4 Å². The van der Waals surface area contributed by atoms with Gasteiger partial charge < -0.3 is 24.1 Å². The zero-order chi connectivity index (χ0) is 25.3. The van der Waals surface area contributed by atoms with Crippen LogP contribution in [0.2, 0.25) is 0 Å². The molecule has 2 aromatic rings. The molecule has 0 saturated heterocycles. The quantitative estimate of drug-likeness (QED) is 0.165. The molecule has 8 nitrogen and oxygen atoms in total. The Bertz CT molecular complexity index is 952. The van der Waals surface area contributed by atoms with Crippen LogP contribution < -0.4 is 14.8 Å². The highest BCUT2D eigenvalue weighted by atomic mass is 16.6. The number of amides is 1. The van der Waals surface area contributed by atoms with Crippen LogP contribution in [0.15, 0.2) is 72.8 Å². The number of hydrogen-bond donors (Lipinski definition) is 2. The second-order valence-corrected chi connectivity index (χ2v) is 7.36. The predicted octanol–water partition coefficient (Wildman–Crippen LogP) is 5.20. The Hall–Kier alpha value is -3.78. The summed E-state index contributed by atoms with van der Waals surface area (Å²) in [7, 11) is 1.58. The second-order valence-electron chi connectivity index (χ2n) is 7.36. The van der Waals surface area contributed by atoms with Crippen LogP contribution >= 0.6 is 0 Å². The molecule has 0 spiro atoms. The van der Waals surface area contributed by atoms with Gasteiger partial charge in [-0.2, -0.15) is 0 Å². The van der Waals surface area contributed by atoms with Crippen LogP contribution in [0.4, 0.5) is 10.5 Å². The van der Waals surface area contributed by atoms with E-state index in [1.54, 1.807) is 62.6 Å². The Morgan fingerprint density at radius 1 is 1.03 bits per heavy atom. The first-order valence-electron chi connectivity index (χ1n) is 11.5. The fourth-order valence-electron chi connectivity index (χ4n) is 3.11. The van der Waals surface area contributed by atoms with Crippen molar-refractivity contribution in [3.05, 3.63) is 78.4 Å². The highest BCUT2D eigenvalue weighted by Gasteiger charge is 2.17. The highest BCUT2D eigenvalue weighted by Crippen LogP contribution is 2.27. The first-order valence-corrected chi connectivity index (χ1v) is 11.5. The van der Waals surface area contributed by atoms with Crippen LogP contribution in [0.3, 0.4) is 0 Å². The number of rotatable bonds is 14. The van der Waals surface area contributed by atoms with Gasteiger partial charge in [0.15, 0.2) is 0 Å². The third kappa shape index (κ3) is 10.8. The lowest BCUT2D eigenvalue weighted by Crippen LogP contribution is -2.17. The largest absolute Gasteiger partial charge is 0.497 e. The number of carbonyl (C=O) groups is 2. The number of allylic oxidation sites excluding steroid dienone is 3. The minimum atomic E-state index is -0.561. The summed E-state index contributed by atoms with van der Waals surface area (Å²) < 4.78 is 21.1. The average Bonchev–Trinajstić information content (AvgIpc) is 2.87. The maximum absolute atomic E-state index is 12.6. The summed E-state index contributed by atoms with van der Waals surface area (Å²) in [5.74, 6) is 0.941. The molecule has 1 amide bonds. The standard InChI is InChI=1S/C27H33NO7/c1-3-33-26(30)10-8-6-4-5-7-9-25(21-11-15-24(16-12-21)34-20-19-29)35-27(31)28-22-13-17-23(32-2)18-14-22/h4,6,8,10-18,25,29H,3,5,7,9,19-20H2,1-2H3,(H,28,31)/b6-4+,10-8+/t25-/m0/s1. The van der Waals surface area contributed by atoms with E-state index in [0.717, 1.165) is 18.4 Å². The van der Waals surface area contributed by atoms with Crippen molar-refractivity contribution in [2.24, 2.45) is 0 Å². The third-order valence-corrected chi connectivity index (χ3v) is 4.80. The number of benzene rings is 2. The summed E-state index contributed by atoms with van der Waals surface area (Å²) in [6, 6.07) is 14.2. The molecular formula is C27H33NO7. The van der Waals surface area contributed by atoms with E-state index >= 15 is 0 Å². The Kier molecular flexibility index (Phi) is 12.5. The fraction of sp³-hybridized carbons (Fsp3) is 0.333. The lowest BCUT2D eigenvalue weighted by atomic mass is 10.0. The van der Waals surface area contributed by atoms with Crippen LogP contribution in [-0.4, -0.2) is 44.1 Å². The van der Waals surface area contributed by atoms with Crippen molar-refractivity contribution in [2.45, 2.75) is 32.3 Å². The van der Waals surface area contributed by atoms with E-state index in [2.05, 4.69) is 5.32 Å². The summed E-state index contributed by atoms with van der Waals surface area (Å²) in [5, 5.41) is 11.7. The molecule has 0 bridgehead atoms. The molecule has 0 fully saturated rings. The van der Waals surface area contributed by atoms with Gasteiger partial charge in [-0.3, -0.25) is 5.32 Å². The topological polar surface area (TPSA) is 103 Å². The number of esters is 1. The number of unbranched alkanes of at least 4 members (excludes halogenated alkanes) is 1. The van der Waals surface area contributed by atoms with Gasteiger partial charge in [0.25, 0.3) is 0 Å². The fourth-order valence-corrected chi connectivity index (χ4v) is 3.11. The highest BCUT2D eigenvalue weighted by molar-refractivity contribution is 5.84.